The van der Waals surface area contributed by atoms with Gasteiger partial charge in [0.05, 0.1) is 0 Å². The first-order valence-electron chi connectivity index (χ1n) is 3.46. The Balaban J connectivity index is 3.19. The van der Waals surface area contributed by atoms with Crippen LogP contribution in [0, 0.1) is 5.92 Å². The van der Waals surface area contributed by atoms with Crippen molar-refractivity contribution in [3.05, 3.63) is 12.7 Å². The van der Waals surface area contributed by atoms with Gasteiger partial charge in [0.2, 0.25) is 5.12 Å². The zero-order valence-corrected chi connectivity index (χ0v) is 7.41. The molecule has 0 atom stereocenters. The van der Waals surface area contributed by atoms with Crippen LogP contribution in [0.1, 0.15) is 20.3 Å². The van der Waals surface area contributed by atoms with Crippen LogP contribution in [0.5, 0.6) is 0 Å². The van der Waals surface area contributed by atoms with Crippen LogP contribution in [-0.4, -0.2) is 10.9 Å². The molecule has 0 aliphatic carbocycles. The first-order chi connectivity index (χ1) is 4.66. The van der Waals surface area contributed by atoms with Crippen LogP contribution in [0.2, 0.25) is 0 Å². The second-order valence-electron chi connectivity index (χ2n) is 2.55. The van der Waals surface area contributed by atoms with Gasteiger partial charge in [0.1, 0.15) is 0 Å². The van der Waals surface area contributed by atoms with Gasteiger partial charge >= 0.3 is 0 Å². The minimum atomic E-state index is 0.0839. The highest BCUT2D eigenvalue weighted by Crippen LogP contribution is 2.09. The van der Waals surface area contributed by atoms with Crippen molar-refractivity contribution in [3.8, 4) is 0 Å². The van der Waals surface area contributed by atoms with Gasteiger partial charge in [-0.2, -0.15) is 0 Å². The van der Waals surface area contributed by atoms with E-state index in [0.29, 0.717) is 5.92 Å². The summed E-state index contributed by atoms with van der Waals surface area (Å²) in [5.41, 5.74) is 0. The fourth-order valence-electron chi connectivity index (χ4n) is 0.454. The Hall–Kier alpha value is -0.240. The molecule has 0 aliphatic heterocycles. The smallest absolute Gasteiger partial charge is 0.211 e. The number of thioether (sulfide) groups is 1. The van der Waals surface area contributed by atoms with E-state index in [4.69, 9.17) is 0 Å². The summed E-state index contributed by atoms with van der Waals surface area (Å²) in [4.78, 5) is 10.6. The van der Waals surface area contributed by atoms with Gasteiger partial charge in [-0.25, -0.2) is 0 Å². The van der Waals surface area contributed by atoms with Gasteiger partial charge in [-0.1, -0.05) is 32.2 Å². The molecule has 0 heterocycles. The molecule has 0 aliphatic rings. The maximum Gasteiger partial charge on any atom is 0.211 e. The molecule has 0 radical (unpaired) electrons. The summed E-state index contributed by atoms with van der Waals surface area (Å²) in [6.07, 6.45) is 2.47. The third kappa shape index (κ3) is 5.89. The van der Waals surface area contributed by atoms with E-state index in [0.717, 1.165) is 12.2 Å². The zero-order chi connectivity index (χ0) is 7.98. The van der Waals surface area contributed by atoms with Crippen LogP contribution in [-0.2, 0) is 4.79 Å². The molecule has 0 unspecified atom stereocenters. The fraction of sp³-hybridized carbons (Fsp3) is 0.625. The van der Waals surface area contributed by atoms with Gasteiger partial charge < -0.3 is 0 Å². The van der Waals surface area contributed by atoms with Crippen molar-refractivity contribution in [2.75, 3.05) is 5.75 Å². The Kier molecular flexibility index (Phi) is 5.40. The third-order valence-corrected chi connectivity index (χ3v) is 2.00. The number of rotatable bonds is 4. The molecule has 0 spiro atoms. The Morgan fingerprint density at radius 2 is 2.30 bits per heavy atom. The van der Waals surface area contributed by atoms with Gasteiger partial charge in [-0.05, 0) is 18.4 Å². The number of hydrogen-bond acceptors (Lipinski definition) is 2. The highest BCUT2D eigenvalue weighted by atomic mass is 32.2. The lowest BCUT2D eigenvalue weighted by Gasteiger charge is -2.00. The van der Waals surface area contributed by atoms with E-state index in [9.17, 15) is 4.79 Å². The highest BCUT2D eigenvalue weighted by molar-refractivity contribution is 8.14. The minimum Gasteiger partial charge on any atom is -0.282 e. The Morgan fingerprint density at radius 3 is 2.70 bits per heavy atom. The molecule has 0 saturated carbocycles. The molecule has 10 heavy (non-hydrogen) atoms. The maximum absolute atomic E-state index is 10.6. The lowest BCUT2D eigenvalue weighted by atomic mass is 10.2. The first kappa shape index (κ1) is 9.76. The van der Waals surface area contributed by atoms with Crippen molar-refractivity contribution in [2.45, 2.75) is 20.3 Å². The lowest BCUT2D eigenvalue weighted by Crippen LogP contribution is -1.92. The molecule has 0 N–H and O–H groups in total. The normalized spacial score (nSPS) is 9.90. The molecule has 0 amide bonds. The second-order valence-corrected chi connectivity index (χ2v) is 3.65. The molecule has 0 aromatic rings. The Bertz CT molecular complexity index is 118. The van der Waals surface area contributed by atoms with Crippen LogP contribution in [0.3, 0.4) is 0 Å². The molecule has 0 aromatic heterocycles. The van der Waals surface area contributed by atoms with Gasteiger partial charge in [0, 0.05) is 5.75 Å². The van der Waals surface area contributed by atoms with E-state index >= 15 is 0 Å². The summed E-state index contributed by atoms with van der Waals surface area (Å²) in [7, 11) is 0. The van der Waals surface area contributed by atoms with Crippen molar-refractivity contribution < 1.29 is 4.79 Å². The highest BCUT2D eigenvalue weighted by Gasteiger charge is 1.97. The standard InChI is InChI=1S/C8H14OS/c1-4-8(9)10-6-5-7(2)3/h4,7H,1,5-6H2,2-3H3. The quantitative estimate of drug-likeness (QED) is 0.585. The topological polar surface area (TPSA) is 17.1 Å². The average molecular weight is 158 g/mol. The molecule has 0 saturated heterocycles. The van der Waals surface area contributed by atoms with Crippen LogP contribution in [0.25, 0.3) is 0 Å². The van der Waals surface area contributed by atoms with Crippen molar-refractivity contribution in [2.24, 2.45) is 5.92 Å². The molecule has 0 rings (SSSR count). The maximum atomic E-state index is 10.6. The van der Waals surface area contributed by atoms with Gasteiger partial charge in [0.25, 0.3) is 0 Å². The molecular formula is C8H14OS. The predicted octanol–water partition coefficient (Wildman–Crippen LogP) is 2.48. The molecular weight excluding hydrogens is 144 g/mol. The van der Waals surface area contributed by atoms with Crippen molar-refractivity contribution in [3.63, 3.8) is 0 Å². The van der Waals surface area contributed by atoms with Crippen LogP contribution in [0.15, 0.2) is 12.7 Å². The second kappa shape index (κ2) is 5.54. The fourth-order valence-corrected chi connectivity index (χ4v) is 1.36. The molecule has 2 heteroatoms. The lowest BCUT2D eigenvalue weighted by molar-refractivity contribution is -0.107. The van der Waals surface area contributed by atoms with Gasteiger partial charge in [-0.3, -0.25) is 4.79 Å². The zero-order valence-electron chi connectivity index (χ0n) is 6.59. The summed E-state index contributed by atoms with van der Waals surface area (Å²) in [5.74, 6) is 1.60. The van der Waals surface area contributed by atoms with Crippen LogP contribution >= 0.6 is 11.8 Å². The third-order valence-electron chi connectivity index (χ3n) is 1.11. The largest absolute Gasteiger partial charge is 0.282 e. The van der Waals surface area contributed by atoms with E-state index in [1.165, 1.54) is 17.8 Å². The van der Waals surface area contributed by atoms with Gasteiger partial charge in [-0.15, -0.1) is 0 Å². The van der Waals surface area contributed by atoms with E-state index < -0.39 is 0 Å². The molecule has 1 nitrogen and oxygen atoms in total. The van der Waals surface area contributed by atoms with Crippen LogP contribution < -0.4 is 0 Å². The van der Waals surface area contributed by atoms with Crippen molar-refractivity contribution in [1.82, 2.24) is 0 Å². The van der Waals surface area contributed by atoms with E-state index in [1.807, 2.05) is 0 Å². The Morgan fingerprint density at radius 1 is 1.70 bits per heavy atom. The monoisotopic (exact) mass is 158 g/mol. The number of carbonyl (C=O) groups is 1. The van der Waals surface area contributed by atoms with E-state index in [-0.39, 0.29) is 5.12 Å². The summed E-state index contributed by atoms with van der Waals surface area (Å²) in [6, 6.07) is 0. The molecule has 58 valence electrons. The van der Waals surface area contributed by atoms with E-state index in [1.54, 1.807) is 0 Å². The van der Waals surface area contributed by atoms with E-state index in [2.05, 4.69) is 20.4 Å². The summed E-state index contributed by atoms with van der Waals surface area (Å²) in [5, 5.41) is 0.0839. The summed E-state index contributed by atoms with van der Waals surface area (Å²) in [6.45, 7) is 7.69. The average Bonchev–Trinajstić information content (AvgIpc) is 1.87. The molecule has 0 fully saturated rings. The van der Waals surface area contributed by atoms with Gasteiger partial charge in [0.15, 0.2) is 0 Å². The number of hydrogen-bond donors (Lipinski definition) is 0. The first-order valence-corrected chi connectivity index (χ1v) is 4.44. The predicted molar refractivity (Wildman–Crippen MR) is 47.1 cm³/mol. The Labute approximate surface area is 66.9 Å². The minimum absolute atomic E-state index is 0.0839. The summed E-state index contributed by atoms with van der Waals surface area (Å²) < 4.78 is 0. The summed E-state index contributed by atoms with van der Waals surface area (Å²) >= 11 is 1.35. The van der Waals surface area contributed by atoms with Crippen LogP contribution in [0.4, 0.5) is 0 Å². The molecule has 0 aromatic carbocycles. The SMILES string of the molecule is C=CC(=O)SCCC(C)C. The van der Waals surface area contributed by atoms with Crippen molar-refractivity contribution >= 4 is 16.9 Å². The molecule has 0 bridgehead atoms. The van der Waals surface area contributed by atoms with Crippen molar-refractivity contribution in [1.29, 1.82) is 0 Å². The number of carbonyl (C=O) groups excluding carboxylic acids is 1.